The molecule has 0 fully saturated rings. The first-order valence-corrected chi connectivity index (χ1v) is 6.60. The number of fused-ring (bicyclic) bond motifs is 1. The van der Waals surface area contributed by atoms with Crippen LogP contribution in [0.2, 0.25) is 5.02 Å². The number of aryl methyl sites for hydroxylation is 1. The van der Waals surface area contributed by atoms with Crippen molar-refractivity contribution >= 4 is 17.2 Å². The van der Waals surface area contributed by atoms with Crippen LogP contribution < -0.4 is 0 Å². The van der Waals surface area contributed by atoms with E-state index in [1.54, 1.807) is 0 Å². The molecule has 1 aromatic rings. The predicted octanol–water partition coefficient (Wildman–Crippen LogP) is 4.18. The first-order chi connectivity index (χ1) is 7.84. The minimum Gasteiger partial charge on any atom is -0.253 e. The van der Waals surface area contributed by atoms with Crippen LogP contribution in [0.5, 0.6) is 0 Å². The highest BCUT2D eigenvalue weighted by molar-refractivity contribution is 6.31. The maximum atomic E-state index is 6.33. The van der Waals surface area contributed by atoms with Gasteiger partial charge in [0, 0.05) is 10.7 Å². The van der Waals surface area contributed by atoms with Gasteiger partial charge in [0.15, 0.2) is 0 Å². The first kappa shape index (κ1) is 10.3. The zero-order chi connectivity index (χ0) is 11.0. The second-order valence-corrected chi connectivity index (χ2v) is 5.15. The minimum absolute atomic E-state index is 0.934. The molecule has 1 heterocycles. The third-order valence-corrected chi connectivity index (χ3v) is 3.95. The molecule has 2 aliphatic carbocycles. The Morgan fingerprint density at radius 3 is 2.81 bits per heavy atom. The third-order valence-electron chi connectivity index (χ3n) is 3.62. The van der Waals surface area contributed by atoms with Gasteiger partial charge in [0.1, 0.15) is 0 Å². The van der Waals surface area contributed by atoms with Gasteiger partial charge in [-0.05, 0) is 62.1 Å². The van der Waals surface area contributed by atoms with Crippen LogP contribution in [0, 0.1) is 0 Å². The van der Waals surface area contributed by atoms with Crippen molar-refractivity contribution in [1.82, 2.24) is 4.98 Å². The molecule has 0 spiro atoms. The molecule has 0 N–H and O–H groups in total. The molecule has 0 saturated heterocycles. The lowest BCUT2D eigenvalue weighted by Gasteiger charge is -2.13. The Labute approximate surface area is 102 Å². The van der Waals surface area contributed by atoms with Gasteiger partial charge in [-0.15, -0.1) is 0 Å². The van der Waals surface area contributed by atoms with Crippen molar-refractivity contribution in [3.8, 4) is 0 Å². The van der Waals surface area contributed by atoms with E-state index in [1.165, 1.54) is 48.9 Å². The molecule has 3 rings (SSSR count). The molecule has 0 amide bonds. The summed E-state index contributed by atoms with van der Waals surface area (Å²) in [6.45, 7) is 0. The zero-order valence-electron chi connectivity index (χ0n) is 9.43. The van der Waals surface area contributed by atoms with Gasteiger partial charge < -0.3 is 0 Å². The van der Waals surface area contributed by atoms with Gasteiger partial charge >= 0.3 is 0 Å². The number of allylic oxidation sites excluding steroid dienone is 2. The van der Waals surface area contributed by atoms with E-state index in [-0.39, 0.29) is 0 Å². The number of aromatic nitrogens is 1. The van der Waals surface area contributed by atoms with Crippen LogP contribution in [-0.2, 0) is 12.8 Å². The smallest absolute Gasteiger partial charge is 0.0676 e. The minimum atomic E-state index is 0.934. The summed E-state index contributed by atoms with van der Waals surface area (Å²) in [5.41, 5.74) is 5.07. The standard InChI is InChI=1S/C14H16ClN/c15-12-9-14(10-5-2-1-3-6-10)16-13-8-4-7-11(12)13/h5,9H,1-4,6-8H2. The lowest BCUT2D eigenvalue weighted by atomic mass is 9.96. The third kappa shape index (κ3) is 1.78. The zero-order valence-corrected chi connectivity index (χ0v) is 10.2. The summed E-state index contributed by atoms with van der Waals surface area (Å²) < 4.78 is 0. The first-order valence-electron chi connectivity index (χ1n) is 6.22. The lowest BCUT2D eigenvalue weighted by molar-refractivity contribution is 0.739. The second-order valence-electron chi connectivity index (χ2n) is 4.74. The SMILES string of the molecule is Clc1cc(C2=CCCCC2)nc2c1CCC2. The Morgan fingerprint density at radius 1 is 1.06 bits per heavy atom. The van der Waals surface area contributed by atoms with Crippen LogP contribution in [0.25, 0.3) is 5.57 Å². The van der Waals surface area contributed by atoms with Crippen LogP contribution in [0.3, 0.4) is 0 Å². The average molecular weight is 234 g/mol. The van der Waals surface area contributed by atoms with E-state index in [4.69, 9.17) is 16.6 Å². The number of rotatable bonds is 1. The normalized spacial score (nSPS) is 19.4. The molecule has 0 atom stereocenters. The van der Waals surface area contributed by atoms with Gasteiger partial charge in [-0.2, -0.15) is 0 Å². The molecule has 84 valence electrons. The molecule has 0 aromatic carbocycles. The van der Waals surface area contributed by atoms with Crippen molar-refractivity contribution in [3.63, 3.8) is 0 Å². The molecule has 1 nitrogen and oxygen atoms in total. The topological polar surface area (TPSA) is 12.9 Å². The van der Waals surface area contributed by atoms with Crippen molar-refractivity contribution in [2.45, 2.75) is 44.9 Å². The maximum absolute atomic E-state index is 6.33. The second kappa shape index (κ2) is 4.21. The van der Waals surface area contributed by atoms with Gasteiger partial charge in [-0.3, -0.25) is 4.98 Å². The molecule has 2 aliphatic rings. The van der Waals surface area contributed by atoms with Gasteiger partial charge in [0.25, 0.3) is 0 Å². The fraction of sp³-hybridized carbons (Fsp3) is 0.500. The van der Waals surface area contributed by atoms with Crippen LogP contribution in [0.1, 0.15) is 49.1 Å². The predicted molar refractivity (Wildman–Crippen MR) is 67.7 cm³/mol. The molecule has 0 aliphatic heterocycles. The van der Waals surface area contributed by atoms with Crippen LogP contribution >= 0.6 is 11.6 Å². The number of nitrogens with zero attached hydrogens (tertiary/aromatic N) is 1. The van der Waals surface area contributed by atoms with Gasteiger partial charge in [0.2, 0.25) is 0 Å². The van der Waals surface area contributed by atoms with Crippen molar-refractivity contribution in [3.05, 3.63) is 34.1 Å². The van der Waals surface area contributed by atoms with E-state index in [1.807, 2.05) is 0 Å². The van der Waals surface area contributed by atoms with E-state index >= 15 is 0 Å². The molecular formula is C14H16ClN. The van der Waals surface area contributed by atoms with E-state index < -0.39 is 0 Å². The number of halogens is 1. The molecular weight excluding hydrogens is 218 g/mol. The number of hydrogen-bond acceptors (Lipinski definition) is 1. The quantitative estimate of drug-likeness (QED) is 0.709. The Morgan fingerprint density at radius 2 is 2.00 bits per heavy atom. The molecule has 0 unspecified atom stereocenters. The number of pyridine rings is 1. The van der Waals surface area contributed by atoms with Gasteiger partial charge in [-0.25, -0.2) is 0 Å². The summed E-state index contributed by atoms with van der Waals surface area (Å²) in [5.74, 6) is 0. The molecule has 0 saturated carbocycles. The fourth-order valence-electron chi connectivity index (χ4n) is 2.73. The highest BCUT2D eigenvalue weighted by Gasteiger charge is 2.18. The molecule has 16 heavy (non-hydrogen) atoms. The largest absolute Gasteiger partial charge is 0.253 e. The summed E-state index contributed by atoms with van der Waals surface area (Å²) in [7, 11) is 0. The van der Waals surface area contributed by atoms with Crippen molar-refractivity contribution in [2.75, 3.05) is 0 Å². The van der Waals surface area contributed by atoms with Crippen LogP contribution in [0.4, 0.5) is 0 Å². The van der Waals surface area contributed by atoms with Crippen LogP contribution in [-0.4, -0.2) is 4.98 Å². The molecule has 1 aromatic heterocycles. The van der Waals surface area contributed by atoms with Crippen molar-refractivity contribution in [1.29, 1.82) is 0 Å². The monoisotopic (exact) mass is 233 g/mol. The van der Waals surface area contributed by atoms with E-state index in [0.717, 1.165) is 23.6 Å². The molecule has 2 heteroatoms. The van der Waals surface area contributed by atoms with E-state index in [9.17, 15) is 0 Å². The summed E-state index contributed by atoms with van der Waals surface area (Å²) in [6, 6.07) is 2.07. The highest BCUT2D eigenvalue weighted by Crippen LogP contribution is 2.32. The van der Waals surface area contributed by atoms with Crippen molar-refractivity contribution in [2.24, 2.45) is 0 Å². The summed E-state index contributed by atoms with van der Waals surface area (Å²) >= 11 is 6.33. The fourth-order valence-corrected chi connectivity index (χ4v) is 3.04. The average Bonchev–Trinajstić information content (AvgIpc) is 2.79. The molecule has 0 radical (unpaired) electrons. The van der Waals surface area contributed by atoms with Crippen molar-refractivity contribution < 1.29 is 0 Å². The van der Waals surface area contributed by atoms with Gasteiger partial charge in [0.05, 0.1) is 5.69 Å². The van der Waals surface area contributed by atoms with Gasteiger partial charge in [-0.1, -0.05) is 17.7 Å². The lowest BCUT2D eigenvalue weighted by Crippen LogP contribution is -1.99. The van der Waals surface area contributed by atoms with E-state index in [0.29, 0.717) is 0 Å². The Bertz CT molecular complexity index is 448. The molecule has 0 bridgehead atoms. The Kier molecular flexibility index (Phi) is 2.72. The summed E-state index contributed by atoms with van der Waals surface area (Å²) in [4.78, 5) is 4.79. The summed E-state index contributed by atoms with van der Waals surface area (Å²) in [5, 5.41) is 0.934. The Balaban J connectivity index is 2.02. The maximum Gasteiger partial charge on any atom is 0.0676 e. The van der Waals surface area contributed by atoms with E-state index in [2.05, 4.69) is 12.1 Å². The van der Waals surface area contributed by atoms with Crippen LogP contribution in [0.15, 0.2) is 12.1 Å². The highest BCUT2D eigenvalue weighted by atomic mass is 35.5. The number of hydrogen-bond donors (Lipinski definition) is 0. The summed E-state index contributed by atoms with van der Waals surface area (Å²) in [6.07, 6.45) is 10.8. The Hall–Kier alpha value is -0.820.